The number of esters is 1. The molecule has 8 nitrogen and oxygen atoms in total. The molecular weight excluding hydrogens is 442 g/mol. The third-order valence-electron chi connectivity index (χ3n) is 6.15. The second-order valence-electron chi connectivity index (χ2n) is 8.17. The fraction of sp³-hybridized carbons (Fsp3) is 0.417. The minimum Gasteiger partial charge on any atom is -0.462 e. The molecule has 3 aromatic rings. The van der Waals surface area contributed by atoms with Gasteiger partial charge in [0.15, 0.2) is 0 Å². The molecule has 4 rings (SSSR count). The summed E-state index contributed by atoms with van der Waals surface area (Å²) in [5.74, 6) is -0.733. The fourth-order valence-corrected chi connectivity index (χ4v) is 5.30. The van der Waals surface area contributed by atoms with Crippen molar-refractivity contribution in [1.82, 2.24) is 14.9 Å². The van der Waals surface area contributed by atoms with Crippen molar-refractivity contribution >= 4 is 33.4 Å². The van der Waals surface area contributed by atoms with Crippen LogP contribution in [0.15, 0.2) is 41.5 Å². The zero-order valence-electron chi connectivity index (χ0n) is 18.8. The number of benzene rings is 1. The Hall–Kier alpha value is -3.04. The van der Waals surface area contributed by atoms with Gasteiger partial charge in [-0.25, -0.2) is 9.78 Å². The third-order valence-corrected chi connectivity index (χ3v) is 7.33. The van der Waals surface area contributed by atoms with Crippen LogP contribution in [-0.4, -0.2) is 47.8 Å². The first-order valence-corrected chi connectivity index (χ1v) is 11.8. The number of carbonyl (C=O) groups excluding carboxylic acids is 2. The summed E-state index contributed by atoms with van der Waals surface area (Å²) in [5.41, 5.74) is 1.17. The first-order chi connectivity index (χ1) is 15.9. The van der Waals surface area contributed by atoms with Gasteiger partial charge in [-0.1, -0.05) is 30.3 Å². The highest BCUT2D eigenvalue weighted by molar-refractivity contribution is 7.20. The van der Waals surface area contributed by atoms with E-state index in [1.165, 1.54) is 16.5 Å². The summed E-state index contributed by atoms with van der Waals surface area (Å²) >= 11 is 1.13. The molecule has 0 saturated carbocycles. The van der Waals surface area contributed by atoms with Crippen LogP contribution in [0.4, 0.5) is 0 Å². The quantitative estimate of drug-likeness (QED) is 0.534. The van der Waals surface area contributed by atoms with Crippen molar-refractivity contribution in [2.24, 2.45) is 0 Å². The lowest BCUT2D eigenvalue weighted by molar-refractivity contribution is -0.122. The van der Waals surface area contributed by atoms with E-state index in [-0.39, 0.29) is 30.0 Å². The Labute approximate surface area is 195 Å². The van der Waals surface area contributed by atoms with Crippen LogP contribution in [0.1, 0.15) is 40.6 Å². The monoisotopic (exact) mass is 469 g/mol. The highest BCUT2D eigenvalue weighted by Gasteiger charge is 2.34. The molecule has 0 atom stereocenters. The Balaban J connectivity index is 1.52. The first kappa shape index (κ1) is 23.1. The summed E-state index contributed by atoms with van der Waals surface area (Å²) in [6.07, 6.45) is 2.99. The summed E-state index contributed by atoms with van der Waals surface area (Å²) in [6.45, 7) is 5.29. The van der Waals surface area contributed by atoms with E-state index in [2.05, 4.69) is 22.4 Å². The highest BCUT2D eigenvalue weighted by atomic mass is 32.1. The van der Waals surface area contributed by atoms with Gasteiger partial charge in [-0.05, 0) is 37.8 Å². The normalized spacial score (nSPS) is 15.3. The van der Waals surface area contributed by atoms with Gasteiger partial charge in [0.25, 0.3) is 5.56 Å². The number of thiophene rings is 1. The maximum atomic E-state index is 13.1. The molecule has 0 radical (unpaired) electrons. The third kappa shape index (κ3) is 4.69. The number of nitrogens with zero attached hydrogens (tertiary/aromatic N) is 2. The Morgan fingerprint density at radius 2 is 1.97 bits per heavy atom. The van der Waals surface area contributed by atoms with Crippen LogP contribution in [-0.2, 0) is 26.2 Å². The van der Waals surface area contributed by atoms with Gasteiger partial charge in [0.05, 0.1) is 18.3 Å². The standard InChI is InChI=1S/C24H27N3O5S/c1-3-32-23(30)20-16(2)19-21(33-20)26-15-27(22(19)29)13-18(28)25-14-24(9-11-31-12-10-24)17-7-5-4-6-8-17/h4-8,15H,3,9-14H2,1-2H3,(H,25,28). The molecule has 1 N–H and O–H groups in total. The number of aryl methyl sites for hydroxylation is 1. The predicted molar refractivity (Wildman–Crippen MR) is 126 cm³/mol. The molecule has 1 fully saturated rings. The average Bonchev–Trinajstić information content (AvgIpc) is 3.18. The molecule has 0 spiro atoms. The fourth-order valence-electron chi connectivity index (χ4n) is 4.26. The van der Waals surface area contributed by atoms with Gasteiger partial charge in [0.2, 0.25) is 5.91 Å². The van der Waals surface area contributed by atoms with Crippen LogP contribution in [0.3, 0.4) is 0 Å². The van der Waals surface area contributed by atoms with Gasteiger partial charge in [0, 0.05) is 25.2 Å². The van der Waals surface area contributed by atoms with Crippen LogP contribution >= 0.6 is 11.3 Å². The number of rotatable bonds is 7. The number of carbonyl (C=O) groups is 2. The summed E-state index contributed by atoms with van der Waals surface area (Å²) in [7, 11) is 0. The van der Waals surface area contributed by atoms with Gasteiger partial charge in [-0.2, -0.15) is 0 Å². The minimum absolute atomic E-state index is 0.146. The summed E-state index contributed by atoms with van der Waals surface area (Å²) in [6, 6.07) is 10.1. The molecular formula is C24H27N3O5S. The van der Waals surface area contributed by atoms with Crippen LogP contribution in [0.5, 0.6) is 0 Å². The smallest absolute Gasteiger partial charge is 0.348 e. The van der Waals surface area contributed by atoms with Gasteiger partial charge < -0.3 is 14.8 Å². The molecule has 0 bridgehead atoms. The average molecular weight is 470 g/mol. The van der Waals surface area contributed by atoms with E-state index >= 15 is 0 Å². The molecule has 1 aliphatic rings. The topological polar surface area (TPSA) is 99.5 Å². The van der Waals surface area contributed by atoms with Crippen LogP contribution in [0.25, 0.3) is 10.2 Å². The zero-order chi connectivity index (χ0) is 23.4. The van der Waals surface area contributed by atoms with E-state index in [9.17, 15) is 14.4 Å². The zero-order valence-corrected chi connectivity index (χ0v) is 19.6. The molecule has 174 valence electrons. The predicted octanol–water partition coefficient (Wildman–Crippen LogP) is 2.81. The number of fused-ring (bicyclic) bond motifs is 1. The number of hydrogen-bond donors (Lipinski definition) is 1. The van der Waals surface area contributed by atoms with E-state index < -0.39 is 5.97 Å². The largest absolute Gasteiger partial charge is 0.462 e. The lowest BCUT2D eigenvalue weighted by Gasteiger charge is -2.38. The second-order valence-corrected chi connectivity index (χ2v) is 9.17. The lowest BCUT2D eigenvalue weighted by atomic mass is 9.74. The van der Waals surface area contributed by atoms with E-state index in [1.807, 2.05) is 18.2 Å². The molecule has 2 aromatic heterocycles. The molecule has 1 saturated heterocycles. The number of amides is 1. The van der Waals surface area contributed by atoms with Crippen molar-refractivity contribution in [1.29, 1.82) is 0 Å². The minimum atomic E-state index is -0.468. The molecule has 1 amide bonds. The van der Waals surface area contributed by atoms with Crippen molar-refractivity contribution < 1.29 is 19.1 Å². The lowest BCUT2D eigenvalue weighted by Crippen LogP contribution is -2.45. The molecule has 0 unspecified atom stereocenters. The van der Waals surface area contributed by atoms with Crippen molar-refractivity contribution in [2.75, 3.05) is 26.4 Å². The van der Waals surface area contributed by atoms with E-state index in [0.29, 0.717) is 40.4 Å². The first-order valence-electron chi connectivity index (χ1n) is 11.0. The highest BCUT2D eigenvalue weighted by Crippen LogP contribution is 2.34. The number of aromatic nitrogens is 2. The van der Waals surface area contributed by atoms with Crippen molar-refractivity contribution in [3.05, 3.63) is 63.0 Å². The van der Waals surface area contributed by atoms with E-state index in [4.69, 9.17) is 9.47 Å². The Bertz CT molecular complexity index is 1210. The Morgan fingerprint density at radius 3 is 2.67 bits per heavy atom. The van der Waals surface area contributed by atoms with Crippen molar-refractivity contribution in [3.8, 4) is 0 Å². The van der Waals surface area contributed by atoms with Crippen LogP contribution in [0.2, 0.25) is 0 Å². The molecule has 0 aliphatic carbocycles. The molecule has 1 aromatic carbocycles. The Morgan fingerprint density at radius 1 is 1.24 bits per heavy atom. The molecule has 3 heterocycles. The van der Waals surface area contributed by atoms with Gasteiger partial charge in [-0.15, -0.1) is 11.3 Å². The second kappa shape index (κ2) is 9.84. The Kier molecular flexibility index (Phi) is 6.90. The summed E-state index contributed by atoms with van der Waals surface area (Å²) < 4.78 is 11.9. The van der Waals surface area contributed by atoms with Gasteiger partial charge >= 0.3 is 5.97 Å². The SMILES string of the molecule is CCOC(=O)c1sc2ncn(CC(=O)NCC3(c4ccccc4)CCOCC3)c(=O)c2c1C. The number of hydrogen-bond acceptors (Lipinski definition) is 7. The van der Waals surface area contributed by atoms with Gasteiger partial charge in [-0.3, -0.25) is 14.2 Å². The molecule has 1 aliphatic heterocycles. The van der Waals surface area contributed by atoms with E-state index in [0.717, 1.165) is 24.2 Å². The maximum absolute atomic E-state index is 13.1. The summed E-state index contributed by atoms with van der Waals surface area (Å²) in [4.78, 5) is 43.2. The molecule has 33 heavy (non-hydrogen) atoms. The van der Waals surface area contributed by atoms with Crippen molar-refractivity contribution in [2.45, 2.75) is 38.6 Å². The van der Waals surface area contributed by atoms with Crippen LogP contribution in [0, 0.1) is 6.92 Å². The van der Waals surface area contributed by atoms with Crippen LogP contribution < -0.4 is 10.9 Å². The van der Waals surface area contributed by atoms with Crippen molar-refractivity contribution in [3.63, 3.8) is 0 Å². The number of nitrogens with one attached hydrogen (secondary N) is 1. The maximum Gasteiger partial charge on any atom is 0.348 e. The summed E-state index contributed by atoms with van der Waals surface area (Å²) in [5, 5.41) is 3.37. The van der Waals surface area contributed by atoms with Gasteiger partial charge in [0.1, 0.15) is 16.3 Å². The molecule has 9 heteroatoms. The van der Waals surface area contributed by atoms with E-state index in [1.54, 1.807) is 13.8 Å². The number of ether oxygens (including phenoxy) is 2.